The van der Waals surface area contributed by atoms with E-state index in [1.807, 2.05) is 6.07 Å². The molecular formula is C16H23N3O3. The third-order valence-electron chi connectivity index (χ3n) is 3.73. The summed E-state index contributed by atoms with van der Waals surface area (Å²) in [5, 5.41) is 5.94. The molecule has 1 aromatic heterocycles. The van der Waals surface area contributed by atoms with E-state index in [2.05, 4.69) is 29.5 Å². The van der Waals surface area contributed by atoms with E-state index in [1.165, 1.54) is 6.92 Å². The number of fused-ring (bicyclic) bond motifs is 1. The Kier molecular flexibility index (Phi) is 5.00. The van der Waals surface area contributed by atoms with Gasteiger partial charge in [-0.05, 0) is 37.8 Å². The van der Waals surface area contributed by atoms with Crippen LogP contribution in [0.5, 0.6) is 0 Å². The number of esters is 1. The Balaban J connectivity index is 2.34. The molecule has 6 heteroatoms. The van der Waals surface area contributed by atoms with Gasteiger partial charge in [0.25, 0.3) is 0 Å². The van der Waals surface area contributed by atoms with Crippen LogP contribution in [0.4, 0.5) is 5.82 Å². The van der Waals surface area contributed by atoms with E-state index >= 15 is 0 Å². The van der Waals surface area contributed by atoms with Gasteiger partial charge in [0.15, 0.2) is 6.04 Å². The summed E-state index contributed by atoms with van der Waals surface area (Å²) in [6.45, 7) is 7.62. The number of pyridine rings is 1. The molecule has 2 heterocycles. The zero-order valence-corrected chi connectivity index (χ0v) is 13.5. The molecule has 1 aromatic rings. The van der Waals surface area contributed by atoms with Crippen LogP contribution in [0, 0.1) is 0 Å². The van der Waals surface area contributed by atoms with Crippen molar-refractivity contribution in [3.8, 4) is 0 Å². The molecule has 120 valence electrons. The van der Waals surface area contributed by atoms with Crippen molar-refractivity contribution >= 4 is 17.7 Å². The number of amides is 1. The van der Waals surface area contributed by atoms with E-state index in [4.69, 9.17) is 4.74 Å². The minimum Gasteiger partial charge on any atom is -0.464 e. The third-order valence-corrected chi connectivity index (χ3v) is 3.73. The van der Waals surface area contributed by atoms with E-state index in [-0.39, 0.29) is 12.5 Å². The summed E-state index contributed by atoms with van der Waals surface area (Å²) >= 11 is 0. The standard InChI is InChI=1S/C16H23N3O3/c1-5-22-16(21)14(18-11(4)20)13-7-6-12-9(2)8-10(3)17-15(12)19-13/h6-7,9-10,14H,5,8H2,1-4H3,(H,17,19)(H,18,20). The fourth-order valence-electron chi connectivity index (χ4n) is 2.79. The second-order valence-electron chi connectivity index (χ2n) is 5.74. The average Bonchev–Trinajstić information content (AvgIpc) is 2.44. The monoisotopic (exact) mass is 305 g/mol. The van der Waals surface area contributed by atoms with Crippen molar-refractivity contribution in [2.75, 3.05) is 11.9 Å². The molecule has 1 amide bonds. The van der Waals surface area contributed by atoms with Crippen molar-refractivity contribution in [2.24, 2.45) is 0 Å². The Hall–Kier alpha value is -2.11. The molecule has 0 spiro atoms. The Labute approximate surface area is 130 Å². The molecule has 0 fully saturated rings. The predicted octanol–water partition coefficient (Wildman–Crippen LogP) is 2.13. The maximum atomic E-state index is 12.1. The van der Waals surface area contributed by atoms with E-state index < -0.39 is 12.0 Å². The van der Waals surface area contributed by atoms with Gasteiger partial charge in [-0.2, -0.15) is 0 Å². The van der Waals surface area contributed by atoms with Crippen LogP contribution in [0.15, 0.2) is 12.1 Å². The van der Waals surface area contributed by atoms with Crippen LogP contribution in [0.1, 0.15) is 57.3 Å². The number of hydrogen-bond acceptors (Lipinski definition) is 5. The molecule has 0 aliphatic carbocycles. The molecule has 2 N–H and O–H groups in total. The number of ether oxygens (including phenoxy) is 1. The number of nitrogens with zero attached hydrogens (tertiary/aromatic N) is 1. The molecule has 1 aliphatic rings. The van der Waals surface area contributed by atoms with Crippen molar-refractivity contribution in [1.29, 1.82) is 0 Å². The van der Waals surface area contributed by atoms with Gasteiger partial charge in [-0.25, -0.2) is 9.78 Å². The normalized spacial score (nSPS) is 21.3. The zero-order chi connectivity index (χ0) is 16.3. The fourth-order valence-corrected chi connectivity index (χ4v) is 2.79. The summed E-state index contributed by atoms with van der Waals surface area (Å²) in [5.74, 6) is 0.396. The highest BCUT2D eigenvalue weighted by Gasteiger charge is 2.28. The van der Waals surface area contributed by atoms with Gasteiger partial charge in [-0.3, -0.25) is 4.79 Å². The molecule has 0 bridgehead atoms. The highest BCUT2D eigenvalue weighted by molar-refractivity contribution is 5.84. The summed E-state index contributed by atoms with van der Waals surface area (Å²) in [6, 6.07) is 3.20. The zero-order valence-electron chi connectivity index (χ0n) is 13.5. The van der Waals surface area contributed by atoms with Crippen molar-refractivity contribution in [1.82, 2.24) is 10.3 Å². The lowest BCUT2D eigenvalue weighted by Crippen LogP contribution is -2.34. The lowest BCUT2D eigenvalue weighted by Gasteiger charge is -2.29. The number of carbonyl (C=O) groups excluding carboxylic acids is 2. The molecule has 0 aromatic carbocycles. The summed E-state index contributed by atoms with van der Waals surface area (Å²) in [6.07, 6.45) is 1.04. The van der Waals surface area contributed by atoms with E-state index in [0.717, 1.165) is 17.8 Å². The largest absolute Gasteiger partial charge is 0.464 e. The summed E-state index contributed by atoms with van der Waals surface area (Å²) in [5.41, 5.74) is 1.62. The van der Waals surface area contributed by atoms with Gasteiger partial charge in [0.1, 0.15) is 5.82 Å². The fraction of sp³-hybridized carbons (Fsp3) is 0.562. The number of nitrogens with one attached hydrogen (secondary N) is 2. The molecule has 0 saturated carbocycles. The van der Waals surface area contributed by atoms with E-state index in [9.17, 15) is 9.59 Å². The first-order valence-corrected chi connectivity index (χ1v) is 7.63. The molecule has 0 saturated heterocycles. The van der Waals surface area contributed by atoms with Crippen LogP contribution < -0.4 is 10.6 Å². The molecular weight excluding hydrogens is 282 g/mol. The van der Waals surface area contributed by atoms with Crippen molar-refractivity contribution in [3.05, 3.63) is 23.4 Å². The van der Waals surface area contributed by atoms with E-state index in [0.29, 0.717) is 17.7 Å². The number of hydrogen-bond donors (Lipinski definition) is 2. The quantitative estimate of drug-likeness (QED) is 0.833. The first-order valence-electron chi connectivity index (χ1n) is 7.63. The van der Waals surface area contributed by atoms with Crippen LogP contribution in [-0.4, -0.2) is 29.5 Å². The molecule has 2 rings (SSSR count). The van der Waals surface area contributed by atoms with E-state index in [1.54, 1.807) is 13.0 Å². The predicted molar refractivity (Wildman–Crippen MR) is 83.5 cm³/mol. The van der Waals surface area contributed by atoms with Crippen molar-refractivity contribution in [3.63, 3.8) is 0 Å². The number of carbonyl (C=O) groups is 2. The summed E-state index contributed by atoms with van der Waals surface area (Å²) in [7, 11) is 0. The van der Waals surface area contributed by atoms with Gasteiger partial charge in [0.05, 0.1) is 12.3 Å². The highest BCUT2D eigenvalue weighted by Crippen LogP contribution is 2.33. The van der Waals surface area contributed by atoms with Gasteiger partial charge in [-0.15, -0.1) is 0 Å². The Morgan fingerprint density at radius 1 is 1.45 bits per heavy atom. The van der Waals surface area contributed by atoms with Crippen molar-refractivity contribution in [2.45, 2.75) is 52.1 Å². The third kappa shape index (κ3) is 3.55. The minimum absolute atomic E-state index is 0.256. The lowest BCUT2D eigenvalue weighted by atomic mass is 9.91. The highest BCUT2D eigenvalue weighted by atomic mass is 16.5. The number of anilines is 1. The lowest BCUT2D eigenvalue weighted by molar-refractivity contribution is -0.147. The average molecular weight is 305 g/mol. The molecule has 1 aliphatic heterocycles. The van der Waals surface area contributed by atoms with Gasteiger partial charge in [0.2, 0.25) is 5.91 Å². The minimum atomic E-state index is -0.878. The van der Waals surface area contributed by atoms with Crippen LogP contribution in [0.25, 0.3) is 0 Å². The molecule has 22 heavy (non-hydrogen) atoms. The first-order chi connectivity index (χ1) is 10.4. The van der Waals surface area contributed by atoms with Crippen LogP contribution in [0.2, 0.25) is 0 Å². The van der Waals surface area contributed by atoms with Gasteiger partial charge >= 0.3 is 5.97 Å². The maximum Gasteiger partial charge on any atom is 0.334 e. The van der Waals surface area contributed by atoms with Crippen LogP contribution in [0.3, 0.4) is 0 Å². The Bertz CT molecular complexity index is 574. The second-order valence-corrected chi connectivity index (χ2v) is 5.74. The Morgan fingerprint density at radius 2 is 2.18 bits per heavy atom. The smallest absolute Gasteiger partial charge is 0.334 e. The Morgan fingerprint density at radius 3 is 2.82 bits per heavy atom. The number of rotatable bonds is 4. The maximum absolute atomic E-state index is 12.1. The SMILES string of the molecule is CCOC(=O)C(NC(C)=O)c1ccc2c(n1)NC(C)CC2C. The summed E-state index contributed by atoms with van der Waals surface area (Å²) < 4.78 is 5.03. The van der Waals surface area contributed by atoms with Crippen molar-refractivity contribution < 1.29 is 14.3 Å². The number of aromatic nitrogens is 1. The summed E-state index contributed by atoms with van der Waals surface area (Å²) in [4.78, 5) is 28.0. The molecule has 0 radical (unpaired) electrons. The molecule has 6 nitrogen and oxygen atoms in total. The first kappa shape index (κ1) is 16.3. The van der Waals surface area contributed by atoms with Gasteiger partial charge < -0.3 is 15.4 Å². The molecule has 3 atom stereocenters. The topological polar surface area (TPSA) is 80.3 Å². The molecule has 3 unspecified atom stereocenters. The van der Waals surface area contributed by atoms with Crippen LogP contribution in [-0.2, 0) is 14.3 Å². The second kappa shape index (κ2) is 6.77. The van der Waals surface area contributed by atoms with Crippen LogP contribution >= 0.6 is 0 Å². The van der Waals surface area contributed by atoms with Gasteiger partial charge in [0, 0.05) is 13.0 Å². The van der Waals surface area contributed by atoms with Gasteiger partial charge in [-0.1, -0.05) is 13.0 Å².